The number of hydrogen-bond donors (Lipinski definition) is 3. The molecule has 5 nitrogen and oxygen atoms in total. The van der Waals surface area contributed by atoms with Crippen molar-refractivity contribution < 1.29 is 19.8 Å². The van der Waals surface area contributed by atoms with Crippen LogP contribution in [0.2, 0.25) is 0 Å². The molecule has 86 valence electrons. The number of aliphatic carboxylic acids is 1. The van der Waals surface area contributed by atoms with E-state index < -0.39 is 12.1 Å². The summed E-state index contributed by atoms with van der Waals surface area (Å²) in [5.74, 6) is -1.47. The summed E-state index contributed by atoms with van der Waals surface area (Å²) < 4.78 is 0. The molecule has 0 spiro atoms. The van der Waals surface area contributed by atoms with E-state index in [1.54, 1.807) is 6.92 Å². The van der Waals surface area contributed by atoms with Gasteiger partial charge in [-0.25, -0.2) is 4.79 Å². The molecule has 5 heteroatoms. The number of ketones is 1. The van der Waals surface area contributed by atoms with Crippen LogP contribution < -0.4 is 5.73 Å². The second-order valence-electron chi connectivity index (χ2n) is 3.36. The van der Waals surface area contributed by atoms with Crippen LogP contribution in [0.4, 0.5) is 5.69 Å². The summed E-state index contributed by atoms with van der Waals surface area (Å²) in [4.78, 5) is 21.9. The second-order valence-corrected chi connectivity index (χ2v) is 3.36. The molecule has 0 heterocycles. The van der Waals surface area contributed by atoms with Crippen LogP contribution in [0.5, 0.6) is 0 Å². The van der Waals surface area contributed by atoms with E-state index in [2.05, 4.69) is 0 Å². The third-order valence-electron chi connectivity index (χ3n) is 2.25. The molecule has 0 aliphatic heterocycles. The first-order valence-electron chi connectivity index (χ1n) is 4.80. The quantitative estimate of drug-likeness (QED) is 0.521. The zero-order valence-corrected chi connectivity index (χ0v) is 8.80. The van der Waals surface area contributed by atoms with Crippen molar-refractivity contribution in [3.8, 4) is 0 Å². The van der Waals surface area contributed by atoms with Crippen LogP contribution in [0, 0.1) is 0 Å². The van der Waals surface area contributed by atoms with Crippen LogP contribution in [0.25, 0.3) is 0 Å². The minimum atomic E-state index is -1.62. The molecule has 0 aromatic heterocycles. The third kappa shape index (κ3) is 2.38. The van der Waals surface area contributed by atoms with Gasteiger partial charge in [0.25, 0.3) is 0 Å². The Balaban J connectivity index is 3.08. The smallest absolute Gasteiger partial charge is 0.337 e. The number of carbonyl (C=O) groups excluding carboxylic acids is 1. The highest BCUT2D eigenvalue weighted by Gasteiger charge is 2.17. The first-order chi connectivity index (χ1) is 7.47. The fraction of sp³-hybridized carbons (Fsp3) is 0.273. The SMILES string of the molecule is CCC(=O)c1ccc(C(O)C(=O)O)cc1N. The van der Waals surface area contributed by atoms with Gasteiger partial charge in [-0.15, -0.1) is 0 Å². The average Bonchev–Trinajstić information content (AvgIpc) is 2.26. The third-order valence-corrected chi connectivity index (χ3v) is 2.25. The maximum atomic E-state index is 11.4. The summed E-state index contributed by atoms with van der Waals surface area (Å²) in [6, 6.07) is 4.13. The van der Waals surface area contributed by atoms with Crippen LogP contribution in [0.3, 0.4) is 0 Å². The van der Waals surface area contributed by atoms with Gasteiger partial charge in [-0.1, -0.05) is 13.0 Å². The van der Waals surface area contributed by atoms with Gasteiger partial charge in [-0.3, -0.25) is 4.79 Å². The molecule has 0 amide bonds. The number of rotatable bonds is 4. The van der Waals surface area contributed by atoms with Crippen LogP contribution in [-0.2, 0) is 4.79 Å². The molecule has 0 fully saturated rings. The molecule has 1 aromatic carbocycles. The maximum Gasteiger partial charge on any atom is 0.337 e. The number of anilines is 1. The number of nitrogens with two attached hydrogens (primary N) is 1. The molecule has 1 aromatic rings. The first kappa shape index (κ1) is 12.2. The fourth-order valence-corrected chi connectivity index (χ4v) is 1.34. The Hall–Kier alpha value is -1.88. The molecule has 1 rings (SSSR count). The molecule has 1 unspecified atom stereocenters. The number of carboxylic acid groups (broad SMARTS) is 1. The summed E-state index contributed by atoms with van der Waals surface area (Å²) in [5.41, 5.74) is 6.31. The van der Waals surface area contributed by atoms with Gasteiger partial charge in [-0.05, 0) is 17.7 Å². The largest absolute Gasteiger partial charge is 0.479 e. The van der Waals surface area contributed by atoms with Crippen molar-refractivity contribution >= 4 is 17.4 Å². The number of aliphatic hydroxyl groups is 1. The molecular formula is C11H13NO4. The summed E-state index contributed by atoms with van der Waals surface area (Å²) >= 11 is 0. The number of Topliss-reactive ketones (excluding diaryl/α,β-unsaturated/α-hetero) is 1. The highest BCUT2D eigenvalue weighted by molar-refractivity contribution is 6.00. The van der Waals surface area contributed by atoms with Crippen molar-refractivity contribution in [2.45, 2.75) is 19.4 Å². The molecule has 1 atom stereocenters. The van der Waals surface area contributed by atoms with Gasteiger partial charge in [0.1, 0.15) is 0 Å². The van der Waals surface area contributed by atoms with E-state index in [0.717, 1.165) is 0 Å². The topological polar surface area (TPSA) is 101 Å². The lowest BCUT2D eigenvalue weighted by atomic mass is 10.0. The number of hydrogen-bond acceptors (Lipinski definition) is 4. The number of benzene rings is 1. The van der Waals surface area contributed by atoms with Crippen molar-refractivity contribution in [2.24, 2.45) is 0 Å². The van der Waals surface area contributed by atoms with Crippen LogP contribution in [0.15, 0.2) is 18.2 Å². The lowest BCUT2D eigenvalue weighted by Crippen LogP contribution is -2.12. The Morgan fingerprint density at radius 1 is 1.44 bits per heavy atom. The zero-order chi connectivity index (χ0) is 12.3. The van der Waals surface area contributed by atoms with Crippen molar-refractivity contribution in [1.29, 1.82) is 0 Å². The molecule has 0 aliphatic rings. The first-order valence-corrected chi connectivity index (χ1v) is 4.80. The lowest BCUT2D eigenvalue weighted by Gasteiger charge is -2.09. The van der Waals surface area contributed by atoms with Crippen molar-refractivity contribution in [3.05, 3.63) is 29.3 Å². The van der Waals surface area contributed by atoms with Crippen LogP contribution in [0.1, 0.15) is 35.4 Å². The van der Waals surface area contributed by atoms with E-state index in [9.17, 15) is 14.7 Å². The number of aliphatic hydroxyl groups excluding tert-OH is 1. The number of carbonyl (C=O) groups is 2. The zero-order valence-electron chi connectivity index (χ0n) is 8.80. The molecule has 0 radical (unpaired) electrons. The molecule has 0 saturated carbocycles. The molecular weight excluding hydrogens is 210 g/mol. The maximum absolute atomic E-state index is 11.4. The fourth-order valence-electron chi connectivity index (χ4n) is 1.34. The average molecular weight is 223 g/mol. The second kappa shape index (κ2) is 4.76. The molecule has 4 N–H and O–H groups in total. The Morgan fingerprint density at radius 2 is 2.06 bits per heavy atom. The van der Waals surface area contributed by atoms with Crippen LogP contribution in [-0.4, -0.2) is 22.0 Å². The van der Waals surface area contributed by atoms with Gasteiger partial charge in [0, 0.05) is 17.7 Å². The van der Waals surface area contributed by atoms with Gasteiger partial charge < -0.3 is 15.9 Å². The van der Waals surface area contributed by atoms with Gasteiger partial charge in [0.2, 0.25) is 0 Å². The Morgan fingerprint density at radius 3 is 2.50 bits per heavy atom. The Bertz CT molecular complexity index is 428. The summed E-state index contributed by atoms with van der Waals surface area (Å²) in [6.45, 7) is 1.71. The van der Waals surface area contributed by atoms with E-state index in [-0.39, 0.29) is 17.0 Å². The predicted octanol–water partition coefficient (Wildman–Crippen LogP) is 0.980. The summed E-state index contributed by atoms with van der Waals surface area (Å²) in [6.07, 6.45) is -1.29. The standard InChI is InChI=1S/C11H13NO4/c1-2-9(13)7-4-3-6(5-8(7)12)10(14)11(15)16/h3-5,10,14H,2,12H2,1H3,(H,15,16). The summed E-state index contributed by atoms with van der Waals surface area (Å²) in [7, 11) is 0. The van der Waals surface area contributed by atoms with E-state index in [0.29, 0.717) is 12.0 Å². The van der Waals surface area contributed by atoms with Crippen molar-refractivity contribution in [1.82, 2.24) is 0 Å². The normalized spacial score (nSPS) is 12.1. The van der Waals surface area contributed by atoms with E-state index in [1.807, 2.05) is 0 Å². The molecule has 0 aliphatic carbocycles. The van der Waals surface area contributed by atoms with Gasteiger partial charge in [-0.2, -0.15) is 0 Å². The highest BCUT2D eigenvalue weighted by Crippen LogP contribution is 2.21. The van der Waals surface area contributed by atoms with Crippen molar-refractivity contribution in [2.75, 3.05) is 5.73 Å². The highest BCUT2D eigenvalue weighted by atomic mass is 16.4. The Kier molecular flexibility index (Phi) is 3.63. The minimum absolute atomic E-state index is 0.117. The van der Waals surface area contributed by atoms with Crippen LogP contribution >= 0.6 is 0 Å². The Labute approximate surface area is 92.5 Å². The molecule has 16 heavy (non-hydrogen) atoms. The van der Waals surface area contributed by atoms with Gasteiger partial charge >= 0.3 is 5.97 Å². The van der Waals surface area contributed by atoms with Gasteiger partial charge in [0.15, 0.2) is 11.9 Å². The van der Waals surface area contributed by atoms with Gasteiger partial charge in [0.05, 0.1) is 0 Å². The lowest BCUT2D eigenvalue weighted by molar-refractivity contribution is -0.146. The predicted molar refractivity (Wildman–Crippen MR) is 58.1 cm³/mol. The van der Waals surface area contributed by atoms with E-state index >= 15 is 0 Å². The molecule has 0 saturated heterocycles. The minimum Gasteiger partial charge on any atom is -0.479 e. The van der Waals surface area contributed by atoms with E-state index in [1.165, 1.54) is 18.2 Å². The number of nitrogen functional groups attached to an aromatic ring is 1. The van der Waals surface area contributed by atoms with Crippen molar-refractivity contribution in [3.63, 3.8) is 0 Å². The number of carboxylic acids is 1. The summed E-state index contributed by atoms with van der Waals surface area (Å²) in [5, 5.41) is 17.9. The monoisotopic (exact) mass is 223 g/mol. The van der Waals surface area contributed by atoms with E-state index in [4.69, 9.17) is 10.8 Å². The molecule has 0 bridgehead atoms.